The first-order valence-corrected chi connectivity index (χ1v) is 9.92. The van der Waals surface area contributed by atoms with Crippen LogP contribution in [0.4, 0.5) is 18.9 Å². The number of nitrogens with zero attached hydrogens (tertiary/aromatic N) is 2. The Balaban J connectivity index is 1.82. The van der Waals surface area contributed by atoms with Crippen LogP contribution in [0.3, 0.4) is 0 Å². The van der Waals surface area contributed by atoms with Crippen molar-refractivity contribution in [2.45, 2.75) is 12.4 Å². The highest BCUT2D eigenvalue weighted by molar-refractivity contribution is 6.51. The van der Waals surface area contributed by atoms with Crippen molar-refractivity contribution in [3.05, 3.63) is 89.8 Å². The standard InChI is InChI=1S/C24H17F3N2O5/c1-33-16-9-5-14(6-10-16)21(30)19-20(18-4-2-3-13-28-18)29(23(32)22(19)31)15-7-11-17(12-8-15)34-24(25,26)27/h2-13,20,30H,1H3/b21-19-. The molecule has 2 heterocycles. The Labute approximate surface area is 191 Å². The number of aromatic nitrogens is 1. The molecule has 3 aromatic rings. The Kier molecular flexibility index (Phi) is 5.97. The van der Waals surface area contributed by atoms with Gasteiger partial charge in [0.2, 0.25) is 0 Å². The summed E-state index contributed by atoms with van der Waals surface area (Å²) in [6, 6.07) is 14.5. The molecule has 1 fully saturated rings. The Hall–Kier alpha value is -4.34. The second-order valence-electron chi connectivity index (χ2n) is 7.19. The zero-order chi connectivity index (χ0) is 24.5. The summed E-state index contributed by atoms with van der Waals surface area (Å²) < 4.78 is 46.5. The van der Waals surface area contributed by atoms with Gasteiger partial charge in [-0.15, -0.1) is 13.2 Å². The van der Waals surface area contributed by atoms with Crippen LogP contribution in [0.25, 0.3) is 5.76 Å². The van der Waals surface area contributed by atoms with Crippen LogP contribution in [0.2, 0.25) is 0 Å². The first-order valence-electron chi connectivity index (χ1n) is 9.92. The molecule has 174 valence electrons. The molecule has 1 amide bonds. The summed E-state index contributed by atoms with van der Waals surface area (Å²) in [5, 5.41) is 11.0. The second-order valence-corrected chi connectivity index (χ2v) is 7.19. The zero-order valence-corrected chi connectivity index (χ0v) is 17.6. The van der Waals surface area contributed by atoms with Gasteiger partial charge in [0.1, 0.15) is 23.3 Å². The van der Waals surface area contributed by atoms with E-state index in [1.807, 2.05) is 0 Å². The number of alkyl halides is 3. The van der Waals surface area contributed by atoms with E-state index in [1.54, 1.807) is 30.3 Å². The van der Waals surface area contributed by atoms with Crippen LogP contribution in [0.5, 0.6) is 11.5 Å². The normalized spacial score (nSPS) is 17.6. The molecule has 7 nitrogen and oxygen atoms in total. The highest BCUT2D eigenvalue weighted by atomic mass is 19.4. The minimum Gasteiger partial charge on any atom is -0.507 e. The first kappa shape index (κ1) is 22.8. The van der Waals surface area contributed by atoms with Gasteiger partial charge in [-0.2, -0.15) is 0 Å². The van der Waals surface area contributed by atoms with Crippen molar-refractivity contribution in [3.8, 4) is 11.5 Å². The van der Waals surface area contributed by atoms with Gasteiger partial charge in [-0.1, -0.05) is 6.07 Å². The highest BCUT2D eigenvalue weighted by Crippen LogP contribution is 2.42. The van der Waals surface area contributed by atoms with Gasteiger partial charge in [-0.3, -0.25) is 19.5 Å². The number of anilines is 1. The summed E-state index contributed by atoms with van der Waals surface area (Å²) in [5.74, 6) is -2.30. The Morgan fingerprint density at radius 1 is 0.971 bits per heavy atom. The van der Waals surface area contributed by atoms with Crippen LogP contribution >= 0.6 is 0 Å². The monoisotopic (exact) mass is 470 g/mol. The predicted molar refractivity (Wildman–Crippen MR) is 115 cm³/mol. The van der Waals surface area contributed by atoms with Gasteiger partial charge in [0.05, 0.1) is 18.4 Å². The van der Waals surface area contributed by atoms with E-state index < -0.39 is 35.6 Å². The van der Waals surface area contributed by atoms with Crippen LogP contribution in [-0.4, -0.2) is 35.3 Å². The zero-order valence-electron chi connectivity index (χ0n) is 17.6. The number of carbonyl (C=O) groups excluding carboxylic acids is 2. The maximum Gasteiger partial charge on any atom is 0.573 e. The number of carbonyl (C=O) groups is 2. The smallest absolute Gasteiger partial charge is 0.507 e. The maximum absolute atomic E-state index is 13.0. The van der Waals surface area contributed by atoms with E-state index in [0.717, 1.165) is 17.0 Å². The molecule has 0 spiro atoms. The van der Waals surface area contributed by atoms with E-state index in [9.17, 15) is 27.9 Å². The number of benzene rings is 2. The van der Waals surface area contributed by atoms with Crippen molar-refractivity contribution >= 4 is 23.1 Å². The molecule has 1 N–H and O–H groups in total. The predicted octanol–water partition coefficient (Wildman–Crippen LogP) is 4.62. The molecule has 0 bridgehead atoms. The third kappa shape index (κ3) is 4.42. The number of hydrogen-bond acceptors (Lipinski definition) is 6. The average molecular weight is 470 g/mol. The number of methoxy groups -OCH3 is 1. The summed E-state index contributed by atoms with van der Waals surface area (Å²) in [6.45, 7) is 0. The summed E-state index contributed by atoms with van der Waals surface area (Å²) in [7, 11) is 1.48. The Bertz CT molecular complexity index is 1240. The third-order valence-corrected chi connectivity index (χ3v) is 5.12. The van der Waals surface area contributed by atoms with E-state index >= 15 is 0 Å². The number of amides is 1. The topological polar surface area (TPSA) is 89.0 Å². The fourth-order valence-corrected chi connectivity index (χ4v) is 3.63. The van der Waals surface area contributed by atoms with E-state index in [2.05, 4.69) is 9.72 Å². The third-order valence-electron chi connectivity index (χ3n) is 5.12. The molecule has 4 rings (SSSR count). The van der Waals surface area contributed by atoms with Crippen molar-refractivity contribution in [1.82, 2.24) is 4.98 Å². The fraction of sp³-hybridized carbons (Fsp3) is 0.125. The van der Waals surface area contributed by atoms with Gasteiger partial charge >= 0.3 is 6.36 Å². The first-order chi connectivity index (χ1) is 16.2. The van der Waals surface area contributed by atoms with Gasteiger partial charge in [0.15, 0.2) is 0 Å². The van der Waals surface area contributed by atoms with E-state index in [-0.39, 0.29) is 22.5 Å². The van der Waals surface area contributed by atoms with E-state index in [0.29, 0.717) is 5.75 Å². The van der Waals surface area contributed by atoms with E-state index in [4.69, 9.17) is 4.74 Å². The van der Waals surface area contributed by atoms with Crippen molar-refractivity contribution in [1.29, 1.82) is 0 Å². The van der Waals surface area contributed by atoms with Crippen LogP contribution in [0, 0.1) is 0 Å². The Morgan fingerprint density at radius 2 is 1.62 bits per heavy atom. The van der Waals surface area contributed by atoms with Crippen molar-refractivity contribution in [2.75, 3.05) is 12.0 Å². The van der Waals surface area contributed by atoms with Gasteiger partial charge in [0.25, 0.3) is 11.7 Å². The molecule has 0 radical (unpaired) electrons. The molecule has 1 unspecified atom stereocenters. The SMILES string of the molecule is COc1ccc(/C(O)=C2/C(=O)C(=O)N(c3ccc(OC(F)(F)F)cc3)C2c2ccccn2)cc1. The number of aliphatic hydroxyl groups excluding tert-OH is 1. The summed E-state index contributed by atoms with van der Waals surface area (Å²) in [4.78, 5) is 31.4. The van der Waals surface area contributed by atoms with Crippen LogP contribution < -0.4 is 14.4 Å². The molecule has 1 aliphatic rings. The molecule has 1 aromatic heterocycles. The lowest BCUT2D eigenvalue weighted by Gasteiger charge is -2.24. The lowest BCUT2D eigenvalue weighted by molar-refractivity contribution is -0.274. The molecule has 1 atom stereocenters. The lowest BCUT2D eigenvalue weighted by Crippen LogP contribution is -2.29. The van der Waals surface area contributed by atoms with Crippen molar-refractivity contribution < 1.29 is 37.3 Å². The molecule has 1 aliphatic heterocycles. The van der Waals surface area contributed by atoms with Gasteiger partial charge in [0, 0.05) is 17.4 Å². The summed E-state index contributed by atoms with van der Waals surface area (Å²) in [5.41, 5.74) is 0.478. The number of ketones is 1. The second kappa shape index (κ2) is 8.89. The Morgan fingerprint density at radius 3 is 2.18 bits per heavy atom. The number of rotatable bonds is 5. The van der Waals surface area contributed by atoms with Crippen LogP contribution in [-0.2, 0) is 9.59 Å². The van der Waals surface area contributed by atoms with Crippen molar-refractivity contribution in [2.24, 2.45) is 0 Å². The quantitative estimate of drug-likeness (QED) is 0.333. The summed E-state index contributed by atoms with van der Waals surface area (Å²) >= 11 is 0. The van der Waals surface area contributed by atoms with E-state index in [1.165, 1.54) is 37.6 Å². The molecular formula is C24H17F3N2O5. The molecular weight excluding hydrogens is 453 g/mol. The minimum atomic E-state index is -4.88. The number of aliphatic hydroxyl groups is 1. The van der Waals surface area contributed by atoms with Crippen LogP contribution in [0.15, 0.2) is 78.5 Å². The van der Waals surface area contributed by atoms with Gasteiger partial charge in [-0.25, -0.2) is 0 Å². The van der Waals surface area contributed by atoms with Gasteiger partial charge in [-0.05, 0) is 60.7 Å². The molecule has 2 aromatic carbocycles. The van der Waals surface area contributed by atoms with Crippen LogP contribution in [0.1, 0.15) is 17.3 Å². The van der Waals surface area contributed by atoms with Gasteiger partial charge < -0.3 is 14.6 Å². The molecule has 0 saturated carbocycles. The minimum absolute atomic E-state index is 0.126. The number of Topliss-reactive ketones (excluding diaryl/α,β-unsaturated/α-hetero) is 1. The number of ether oxygens (including phenoxy) is 2. The number of pyridine rings is 1. The molecule has 10 heteroatoms. The lowest BCUT2D eigenvalue weighted by atomic mass is 9.98. The largest absolute Gasteiger partial charge is 0.573 e. The van der Waals surface area contributed by atoms with Crippen molar-refractivity contribution in [3.63, 3.8) is 0 Å². The maximum atomic E-state index is 13.0. The molecule has 0 aliphatic carbocycles. The fourth-order valence-electron chi connectivity index (χ4n) is 3.63. The molecule has 34 heavy (non-hydrogen) atoms. The molecule has 1 saturated heterocycles. The number of hydrogen-bond donors (Lipinski definition) is 1. The highest BCUT2D eigenvalue weighted by Gasteiger charge is 2.47. The average Bonchev–Trinajstić information content (AvgIpc) is 3.09. The summed E-state index contributed by atoms with van der Waals surface area (Å²) in [6.07, 6.45) is -3.42. The number of halogens is 3.